The van der Waals surface area contributed by atoms with Crippen molar-refractivity contribution < 1.29 is 4.79 Å². The molecule has 4 N–H and O–H groups in total. The largest absolute Gasteiger partial charge is 0.398 e. The number of hydrogen-bond donors (Lipinski definition) is 3. The highest BCUT2D eigenvalue weighted by atomic mass is 16.2. The van der Waals surface area contributed by atoms with Crippen molar-refractivity contribution >= 4 is 33.9 Å². The fraction of sp³-hybridized carbons (Fsp3) is 0.304. The van der Waals surface area contributed by atoms with Crippen molar-refractivity contribution in [2.75, 3.05) is 16.4 Å². The zero-order valence-corrected chi connectivity index (χ0v) is 17.2. The van der Waals surface area contributed by atoms with Crippen molar-refractivity contribution in [3.8, 4) is 17.2 Å². The quantitative estimate of drug-likeness (QED) is 0.555. The van der Waals surface area contributed by atoms with Gasteiger partial charge in [0, 0.05) is 35.1 Å². The number of nitrogens with one attached hydrogen (secondary N) is 2. The van der Waals surface area contributed by atoms with Gasteiger partial charge >= 0.3 is 0 Å². The van der Waals surface area contributed by atoms with Crippen molar-refractivity contribution in [3.05, 3.63) is 42.4 Å². The molecule has 1 aromatic carbocycles. The number of nitrogen functional groups attached to an aromatic ring is 1. The van der Waals surface area contributed by atoms with Gasteiger partial charge in [-0.2, -0.15) is 5.26 Å². The van der Waals surface area contributed by atoms with Crippen LogP contribution in [0.1, 0.15) is 25.8 Å². The number of amides is 1. The summed E-state index contributed by atoms with van der Waals surface area (Å²) in [5, 5.41) is 16.9. The molecule has 3 aromatic rings. The van der Waals surface area contributed by atoms with Crippen LogP contribution in [-0.4, -0.2) is 21.9 Å². The van der Waals surface area contributed by atoms with Crippen molar-refractivity contribution in [2.45, 2.75) is 33.2 Å². The molecule has 2 aromatic heterocycles. The molecule has 1 saturated carbocycles. The molecule has 1 aliphatic rings. The zero-order chi connectivity index (χ0) is 21.4. The van der Waals surface area contributed by atoms with Gasteiger partial charge in [0.25, 0.3) is 0 Å². The van der Waals surface area contributed by atoms with Crippen LogP contribution in [0, 0.1) is 30.1 Å². The van der Waals surface area contributed by atoms with Crippen molar-refractivity contribution in [1.29, 1.82) is 5.26 Å². The van der Waals surface area contributed by atoms with Crippen LogP contribution in [0.3, 0.4) is 0 Å². The number of hydrogen-bond acceptors (Lipinski definition) is 6. The molecule has 1 fully saturated rings. The van der Waals surface area contributed by atoms with E-state index in [9.17, 15) is 4.79 Å². The molecule has 0 aliphatic heterocycles. The molecule has 1 aliphatic carbocycles. The number of pyridine rings is 2. The number of rotatable bonds is 5. The molecular weight excluding hydrogens is 376 g/mol. The predicted molar refractivity (Wildman–Crippen MR) is 119 cm³/mol. The molecule has 4 rings (SSSR count). The lowest BCUT2D eigenvalue weighted by molar-refractivity contribution is -0.117. The second-order valence-electron chi connectivity index (χ2n) is 8.08. The van der Waals surface area contributed by atoms with Gasteiger partial charge in [-0.1, -0.05) is 0 Å². The Bertz CT molecular complexity index is 1180. The van der Waals surface area contributed by atoms with Gasteiger partial charge < -0.3 is 16.4 Å². The maximum atomic E-state index is 12.3. The molecule has 7 heteroatoms. The summed E-state index contributed by atoms with van der Waals surface area (Å²) in [4.78, 5) is 21.0. The second-order valence-corrected chi connectivity index (χ2v) is 8.08. The van der Waals surface area contributed by atoms with Gasteiger partial charge in [0.05, 0.1) is 29.8 Å². The second kappa shape index (κ2) is 7.64. The van der Waals surface area contributed by atoms with E-state index >= 15 is 0 Å². The summed E-state index contributed by atoms with van der Waals surface area (Å²) < 4.78 is 0. The number of nitriles is 1. The highest BCUT2D eigenvalue weighted by Crippen LogP contribution is 2.39. The van der Waals surface area contributed by atoms with Crippen LogP contribution in [0.15, 0.2) is 36.8 Å². The average Bonchev–Trinajstić information content (AvgIpc) is 3.49. The summed E-state index contributed by atoms with van der Waals surface area (Å²) in [6.45, 7) is 6.23. The van der Waals surface area contributed by atoms with Crippen LogP contribution in [0.25, 0.3) is 21.9 Å². The molecule has 7 nitrogen and oxygen atoms in total. The number of fused-ring (bicyclic) bond motifs is 1. The number of nitrogens with zero attached hydrogens (tertiary/aromatic N) is 3. The Morgan fingerprint density at radius 1 is 1.27 bits per heavy atom. The molecule has 2 heterocycles. The monoisotopic (exact) mass is 400 g/mol. The standard InChI is InChI=1S/C23H24N6O/c1-12(2)28-21-11-26-9-18(13(21)3)14-4-15-7-22(27-10-19(15)20(25)6-14)29-23(30)17-5-16(17)8-24/h4,6-7,9-12,16-17,28H,5,25H2,1-3H3,(H,27,29,30)/t16-,17+/m0/s1. The minimum Gasteiger partial charge on any atom is -0.398 e. The maximum Gasteiger partial charge on any atom is 0.230 e. The number of aromatic nitrogens is 2. The molecule has 152 valence electrons. The van der Waals surface area contributed by atoms with E-state index in [-0.39, 0.29) is 17.7 Å². The summed E-state index contributed by atoms with van der Waals surface area (Å²) in [5.41, 5.74) is 10.9. The lowest BCUT2D eigenvalue weighted by atomic mass is 9.98. The molecule has 0 unspecified atom stereocenters. The third-order valence-corrected chi connectivity index (χ3v) is 5.38. The van der Waals surface area contributed by atoms with E-state index in [0.29, 0.717) is 24.0 Å². The van der Waals surface area contributed by atoms with Crippen molar-refractivity contribution in [3.63, 3.8) is 0 Å². The molecular formula is C23H24N6O. The van der Waals surface area contributed by atoms with E-state index in [4.69, 9.17) is 11.0 Å². The van der Waals surface area contributed by atoms with Crippen LogP contribution < -0.4 is 16.4 Å². The summed E-state index contributed by atoms with van der Waals surface area (Å²) in [7, 11) is 0. The number of nitrogens with two attached hydrogens (primary N) is 1. The summed E-state index contributed by atoms with van der Waals surface area (Å²) in [5.74, 6) is -0.133. The Hall–Kier alpha value is -3.66. The number of benzene rings is 1. The normalized spacial score (nSPS) is 17.6. The SMILES string of the molecule is Cc1c(NC(C)C)cncc1-c1cc(N)c2cnc(NC(=O)[C@@H]3C[C@H]3C#N)cc2c1. The van der Waals surface area contributed by atoms with E-state index in [1.165, 1.54) is 0 Å². The van der Waals surface area contributed by atoms with Gasteiger partial charge in [0.2, 0.25) is 5.91 Å². The maximum absolute atomic E-state index is 12.3. The molecule has 0 saturated heterocycles. The minimum atomic E-state index is -0.242. The first-order valence-corrected chi connectivity index (χ1v) is 9.98. The topological polar surface area (TPSA) is 117 Å². The molecule has 30 heavy (non-hydrogen) atoms. The predicted octanol–water partition coefficient (Wildman–Crippen LogP) is 4.11. The van der Waals surface area contributed by atoms with Crippen LogP contribution in [0.5, 0.6) is 0 Å². The fourth-order valence-corrected chi connectivity index (χ4v) is 3.63. The highest BCUT2D eigenvalue weighted by Gasteiger charge is 2.43. The van der Waals surface area contributed by atoms with Gasteiger partial charge in [-0.25, -0.2) is 4.98 Å². The van der Waals surface area contributed by atoms with E-state index in [2.05, 4.69) is 47.4 Å². The lowest BCUT2D eigenvalue weighted by Gasteiger charge is -2.16. The molecule has 0 spiro atoms. The average molecular weight is 400 g/mol. The minimum absolute atomic E-state index is 0.162. The van der Waals surface area contributed by atoms with E-state index in [1.54, 1.807) is 6.20 Å². The third-order valence-electron chi connectivity index (χ3n) is 5.38. The van der Waals surface area contributed by atoms with E-state index < -0.39 is 0 Å². The fourth-order valence-electron chi connectivity index (χ4n) is 3.63. The van der Waals surface area contributed by atoms with Crippen LogP contribution >= 0.6 is 0 Å². The summed E-state index contributed by atoms with van der Waals surface area (Å²) in [6.07, 6.45) is 5.94. The van der Waals surface area contributed by atoms with Crippen LogP contribution in [0.4, 0.5) is 17.2 Å². The third kappa shape index (κ3) is 3.77. The Balaban J connectivity index is 1.69. The first kappa shape index (κ1) is 19.6. The Morgan fingerprint density at radius 2 is 2.07 bits per heavy atom. The highest BCUT2D eigenvalue weighted by molar-refractivity contribution is 6.00. The summed E-state index contributed by atoms with van der Waals surface area (Å²) >= 11 is 0. The zero-order valence-electron chi connectivity index (χ0n) is 17.2. The van der Waals surface area contributed by atoms with Crippen LogP contribution in [0.2, 0.25) is 0 Å². The number of anilines is 3. The van der Waals surface area contributed by atoms with Gasteiger partial charge in [0.15, 0.2) is 0 Å². The smallest absolute Gasteiger partial charge is 0.230 e. The Kier molecular flexibility index (Phi) is 5.00. The molecule has 2 atom stereocenters. The lowest BCUT2D eigenvalue weighted by Crippen LogP contribution is -2.15. The van der Waals surface area contributed by atoms with E-state index in [0.717, 1.165) is 33.2 Å². The number of carbonyl (C=O) groups excluding carboxylic acids is 1. The first-order valence-electron chi connectivity index (χ1n) is 9.98. The van der Waals surface area contributed by atoms with Crippen molar-refractivity contribution in [2.24, 2.45) is 11.8 Å². The van der Waals surface area contributed by atoms with E-state index in [1.807, 2.05) is 30.6 Å². The Labute approximate surface area is 175 Å². The molecule has 1 amide bonds. The van der Waals surface area contributed by atoms with Gasteiger partial charge in [-0.3, -0.25) is 9.78 Å². The van der Waals surface area contributed by atoms with Crippen molar-refractivity contribution in [1.82, 2.24) is 9.97 Å². The Morgan fingerprint density at radius 3 is 2.77 bits per heavy atom. The van der Waals surface area contributed by atoms with Crippen LogP contribution in [-0.2, 0) is 4.79 Å². The van der Waals surface area contributed by atoms with Gasteiger partial charge in [-0.05, 0) is 61.9 Å². The number of carbonyl (C=O) groups is 1. The summed E-state index contributed by atoms with van der Waals surface area (Å²) in [6, 6.07) is 8.20. The first-order chi connectivity index (χ1) is 14.4. The molecule has 0 radical (unpaired) electrons. The van der Waals surface area contributed by atoms with Gasteiger partial charge in [0.1, 0.15) is 5.82 Å². The van der Waals surface area contributed by atoms with Gasteiger partial charge in [-0.15, -0.1) is 0 Å². The molecule has 0 bridgehead atoms.